The zero-order valence-corrected chi connectivity index (χ0v) is 14.1. The molecule has 2 saturated heterocycles. The van der Waals surface area contributed by atoms with Crippen molar-refractivity contribution >= 4 is 5.69 Å². The molecule has 0 amide bonds. The molecule has 0 bridgehead atoms. The van der Waals surface area contributed by atoms with Crippen LogP contribution in [0.1, 0.15) is 43.7 Å². The van der Waals surface area contributed by atoms with E-state index in [4.69, 9.17) is 4.74 Å². The van der Waals surface area contributed by atoms with Crippen LogP contribution in [0, 0.1) is 10.1 Å². The number of benzene rings is 2. The number of nitrogens with zero attached hydrogens (tertiary/aromatic N) is 2. The molecule has 4 rings (SSSR count). The molecule has 0 unspecified atom stereocenters. The molecular formula is C20H22N2O3. The summed E-state index contributed by atoms with van der Waals surface area (Å²) >= 11 is 0. The Morgan fingerprint density at radius 2 is 1.60 bits per heavy atom. The van der Waals surface area contributed by atoms with Gasteiger partial charge in [0.25, 0.3) is 5.69 Å². The Balaban J connectivity index is 1.44. The van der Waals surface area contributed by atoms with Crippen LogP contribution in [0.2, 0.25) is 0 Å². The van der Waals surface area contributed by atoms with E-state index in [1.165, 1.54) is 56.3 Å². The summed E-state index contributed by atoms with van der Waals surface area (Å²) in [5.41, 5.74) is 1.43. The summed E-state index contributed by atoms with van der Waals surface area (Å²) < 4.78 is 5.80. The Labute approximate surface area is 147 Å². The minimum Gasteiger partial charge on any atom is -0.457 e. The summed E-state index contributed by atoms with van der Waals surface area (Å²) in [6, 6.07) is 15.8. The SMILES string of the molecule is O=[N+]([O-])c1ccc(Oc2ccc([C@H]3CC[C@H]4CCCCN43)cc2)cc1. The van der Waals surface area contributed by atoms with Gasteiger partial charge in [-0.1, -0.05) is 18.6 Å². The van der Waals surface area contributed by atoms with E-state index in [2.05, 4.69) is 17.0 Å². The first-order valence-electron chi connectivity index (χ1n) is 8.99. The Bertz CT molecular complexity index is 743. The van der Waals surface area contributed by atoms with E-state index >= 15 is 0 Å². The number of piperidine rings is 1. The standard InChI is InChI=1S/C20H22N2O3/c23-22(24)17-6-11-19(12-7-17)25-18-9-4-15(5-10-18)20-13-8-16-3-1-2-14-21(16)20/h4-7,9-12,16,20H,1-3,8,13-14H2/t16-,20-/m1/s1. The van der Waals surface area contributed by atoms with Crippen LogP contribution in [0.25, 0.3) is 0 Å². The van der Waals surface area contributed by atoms with Gasteiger partial charge >= 0.3 is 0 Å². The van der Waals surface area contributed by atoms with Gasteiger partial charge in [0.15, 0.2) is 0 Å². The van der Waals surface area contributed by atoms with Crippen LogP contribution in [-0.2, 0) is 0 Å². The highest BCUT2D eigenvalue weighted by Crippen LogP contribution is 2.40. The molecule has 2 aromatic rings. The van der Waals surface area contributed by atoms with E-state index in [9.17, 15) is 10.1 Å². The Morgan fingerprint density at radius 1 is 0.920 bits per heavy atom. The summed E-state index contributed by atoms with van der Waals surface area (Å²) in [6.45, 7) is 1.22. The van der Waals surface area contributed by atoms with Gasteiger partial charge in [0.1, 0.15) is 11.5 Å². The maximum Gasteiger partial charge on any atom is 0.269 e. The zero-order valence-electron chi connectivity index (χ0n) is 14.1. The molecule has 2 aliphatic heterocycles. The van der Waals surface area contributed by atoms with Gasteiger partial charge in [-0.2, -0.15) is 0 Å². The van der Waals surface area contributed by atoms with Crippen LogP contribution in [-0.4, -0.2) is 22.4 Å². The Hall–Kier alpha value is -2.40. The summed E-state index contributed by atoms with van der Waals surface area (Å²) in [7, 11) is 0. The molecular weight excluding hydrogens is 316 g/mol. The molecule has 130 valence electrons. The highest BCUT2D eigenvalue weighted by molar-refractivity contribution is 5.39. The predicted octanol–water partition coefficient (Wildman–Crippen LogP) is 5.08. The summed E-state index contributed by atoms with van der Waals surface area (Å²) in [5.74, 6) is 1.36. The van der Waals surface area contributed by atoms with Crippen molar-refractivity contribution in [1.82, 2.24) is 4.90 Å². The van der Waals surface area contributed by atoms with Crippen LogP contribution in [0.3, 0.4) is 0 Å². The minimum atomic E-state index is -0.409. The van der Waals surface area contributed by atoms with Crippen LogP contribution in [0.5, 0.6) is 11.5 Å². The molecule has 5 heteroatoms. The van der Waals surface area contributed by atoms with Crippen LogP contribution < -0.4 is 4.74 Å². The largest absolute Gasteiger partial charge is 0.457 e. The highest BCUT2D eigenvalue weighted by atomic mass is 16.6. The number of hydrogen-bond donors (Lipinski definition) is 0. The number of nitro benzene ring substituents is 1. The number of non-ortho nitro benzene ring substituents is 1. The quantitative estimate of drug-likeness (QED) is 0.576. The molecule has 0 saturated carbocycles. The average molecular weight is 338 g/mol. The van der Waals surface area contributed by atoms with E-state index in [1.807, 2.05) is 12.1 Å². The fourth-order valence-electron chi connectivity index (χ4n) is 4.15. The third kappa shape index (κ3) is 3.37. The second-order valence-electron chi connectivity index (χ2n) is 6.90. The normalized spacial score (nSPS) is 23.2. The van der Waals surface area contributed by atoms with Crippen molar-refractivity contribution in [3.8, 4) is 11.5 Å². The molecule has 25 heavy (non-hydrogen) atoms. The topological polar surface area (TPSA) is 55.6 Å². The molecule has 0 aliphatic carbocycles. The molecule has 0 spiro atoms. The first-order chi connectivity index (χ1) is 12.2. The lowest BCUT2D eigenvalue weighted by molar-refractivity contribution is -0.384. The molecule has 2 aromatic carbocycles. The molecule has 0 aromatic heterocycles. The van der Waals surface area contributed by atoms with E-state index in [-0.39, 0.29) is 5.69 Å². The fourth-order valence-corrected chi connectivity index (χ4v) is 4.15. The number of rotatable bonds is 4. The Kier molecular flexibility index (Phi) is 4.40. The van der Waals surface area contributed by atoms with Crippen LogP contribution >= 0.6 is 0 Å². The van der Waals surface area contributed by atoms with E-state index in [1.54, 1.807) is 12.1 Å². The lowest BCUT2D eigenvalue weighted by Gasteiger charge is -2.34. The van der Waals surface area contributed by atoms with Crippen molar-refractivity contribution in [3.05, 3.63) is 64.2 Å². The zero-order chi connectivity index (χ0) is 17.2. The molecule has 2 heterocycles. The first-order valence-corrected chi connectivity index (χ1v) is 8.99. The molecule has 0 radical (unpaired) electrons. The first kappa shape index (κ1) is 16.1. The third-order valence-electron chi connectivity index (χ3n) is 5.39. The minimum absolute atomic E-state index is 0.0695. The number of nitro groups is 1. The van der Waals surface area contributed by atoms with Crippen molar-refractivity contribution in [1.29, 1.82) is 0 Å². The van der Waals surface area contributed by atoms with Crippen molar-refractivity contribution in [2.75, 3.05) is 6.54 Å². The number of hydrogen-bond acceptors (Lipinski definition) is 4. The Morgan fingerprint density at radius 3 is 2.28 bits per heavy atom. The van der Waals surface area contributed by atoms with E-state index in [0.29, 0.717) is 11.8 Å². The van der Waals surface area contributed by atoms with Crippen LogP contribution in [0.15, 0.2) is 48.5 Å². The molecule has 2 fully saturated rings. The van der Waals surface area contributed by atoms with Gasteiger partial charge in [0.2, 0.25) is 0 Å². The van der Waals surface area contributed by atoms with Crippen molar-refractivity contribution in [2.45, 2.75) is 44.2 Å². The van der Waals surface area contributed by atoms with Gasteiger partial charge in [-0.15, -0.1) is 0 Å². The number of ether oxygens (including phenoxy) is 1. The monoisotopic (exact) mass is 338 g/mol. The molecule has 2 atom stereocenters. The third-order valence-corrected chi connectivity index (χ3v) is 5.39. The van der Waals surface area contributed by atoms with Crippen molar-refractivity contribution in [2.24, 2.45) is 0 Å². The second-order valence-corrected chi connectivity index (χ2v) is 6.90. The predicted molar refractivity (Wildman–Crippen MR) is 95.9 cm³/mol. The maximum absolute atomic E-state index is 10.7. The highest BCUT2D eigenvalue weighted by Gasteiger charge is 2.35. The summed E-state index contributed by atoms with van der Waals surface area (Å²) in [4.78, 5) is 13.0. The van der Waals surface area contributed by atoms with Gasteiger partial charge < -0.3 is 4.74 Å². The summed E-state index contributed by atoms with van der Waals surface area (Å²) in [6.07, 6.45) is 6.58. The van der Waals surface area contributed by atoms with Crippen LogP contribution in [0.4, 0.5) is 5.69 Å². The fraction of sp³-hybridized carbons (Fsp3) is 0.400. The molecule has 5 nitrogen and oxygen atoms in total. The van der Waals surface area contributed by atoms with Gasteiger partial charge in [-0.3, -0.25) is 15.0 Å². The average Bonchev–Trinajstić information content (AvgIpc) is 3.07. The smallest absolute Gasteiger partial charge is 0.269 e. The van der Waals surface area contributed by atoms with Crippen molar-refractivity contribution in [3.63, 3.8) is 0 Å². The van der Waals surface area contributed by atoms with Gasteiger partial charge in [-0.25, -0.2) is 0 Å². The lowest BCUT2D eigenvalue weighted by Crippen LogP contribution is -2.35. The van der Waals surface area contributed by atoms with Crippen molar-refractivity contribution < 1.29 is 9.66 Å². The maximum atomic E-state index is 10.7. The van der Waals surface area contributed by atoms with Gasteiger partial charge in [-0.05, 0) is 62.1 Å². The number of fused-ring (bicyclic) bond motifs is 1. The second kappa shape index (κ2) is 6.84. The van der Waals surface area contributed by atoms with E-state index < -0.39 is 4.92 Å². The van der Waals surface area contributed by atoms with E-state index in [0.717, 1.165) is 11.8 Å². The summed E-state index contributed by atoms with van der Waals surface area (Å²) in [5, 5.41) is 10.7. The lowest BCUT2D eigenvalue weighted by atomic mass is 10.0. The molecule has 0 N–H and O–H groups in total. The van der Waals surface area contributed by atoms with Gasteiger partial charge in [0.05, 0.1) is 4.92 Å². The molecule has 2 aliphatic rings. The van der Waals surface area contributed by atoms with Gasteiger partial charge in [0, 0.05) is 24.2 Å².